The van der Waals surface area contributed by atoms with E-state index in [0.717, 1.165) is 10.5 Å². The van der Waals surface area contributed by atoms with E-state index in [1.807, 2.05) is 0 Å². The standard InChI is InChI=1S/C29H31NS/c1-16-9-14-27-28(15-16)31-29(30-27)26-13-11-24(20(5)23(26)8)10-12-25-21(6)18(3)17(2)19(4)22(25)7/h9-15H,1-8H3/b12-10+. The molecule has 0 radical (unpaired) electrons. The van der Waals surface area contributed by atoms with Crippen LogP contribution in [0.25, 0.3) is 32.9 Å². The second-order valence-corrected chi connectivity index (χ2v) is 9.85. The molecular weight excluding hydrogens is 394 g/mol. The van der Waals surface area contributed by atoms with Gasteiger partial charge in [-0.2, -0.15) is 0 Å². The van der Waals surface area contributed by atoms with Gasteiger partial charge in [0.05, 0.1) is 10.2 Å². The molecule has 0 amide bonds. The van der Waals surface area contributed by atoms with Gasteiger partial charge in [-0.15, -0.1) is 11.3 Å². The summed E-state index contributed by atoms with van der Waals surface area (Å²) in [6.07, 6.45) is 4.57. The molecule has 31 heavy (non-hydrogen) atoms. The van der Waals surface area contributed by atoms with Gasteiger partial charge in [0, 0.05) is 5.56 Å². The zero-order valence-electron chi connectivity index (χ0n) is 19.9. The third-order valence-corrected chi connectivity index (χ3v) is 8.14. The van der Waals surface area contributed by atoms with Crippen molar-refractivity contribution in [1.82, 2.24) is 4.98 Å². The molecular formula is C29H31NS. The molecule has 0 aliphatic rings. The smallest absolute Gasteiger partial charge is 0.124 e. The molecule has 2 heteroatoms. The Bertz CT molecular complexity index is 1320. The van der Waals surface area contributed by atoms with Gasteiger partial charge in [-0.3, -0.25) is 0 Å². The zero-order chi connectivity index (χ0) is 22.4. The first kappa shape index (κ1) is 21.5. The number of fused-ring (bicyclic) bond motifs is 1. The van der Waals surface area contributed by atoms with Crippen molar-refractivity contribution in [1.29, 1.82) is 0 Å². The largest absolute Gasteiger partial charge is 0.236 e. The predicted molar refractivity (Wildman–Crippen MR) is 138 cm³/mol. The van der Waals surface area contributed by atoms with E-state index in [0.29, 0.717) is 0 Å². The van der Waals surface area contributed by atoms with Crippen LogP contribution in [0.2, 0.25) is 0 Å². The average molecular weight is 426 g/mol. The lowest BCUT2D eigenvalue weighted by Gasteiger charge is -2.16. The Hall–Kier alpha value is -2.71. The number of benzene rings is 3. The van der Waals surface area contributed by atoms with E-state index >= 15 is 0 Å². The summed E-state index contributed by atoms with van der Waals surface area (Å²) in [6, 6.07) is 11.0. The normalized spacial score (nSPS) is 11.7. The molecule has 4 rings (SSSR count). The lowest BCUT2D eigenvalue weighted by molar-refractivity contribution is 1.16. The summed E-state index contributed by atoms with van der Waals surface area (Å²) in [7, 11) is 0. The molecule has 0 saturated heterocycles. The highest BCUT2D eigenvalue weighted by atomic mass is 32.1. The minimum Gasteiger partial charge on any atom is -0.236 e. The van der Waals surface area contributed by atoms with Gasteiger partial charge in [-0.05, 0) is 123 Å². The Morgan fingerprint density at radius 1 is 0.645 bits per heavy atom. The number of nitrogens with zero attached hydrogens (tertiary/aromatic N) is 1. The number of hydrogen-bond donors (Lipinski definition) is 0. The lowest BCUT2D eigenvalue weighted by atomic mass is 9.89. The van der Waals surface area contributed by atoms with Crippen LogP contribution in [0.4, 0.5) is 0 Å². The Kier molecular flexibility index (Phi) is 5.61. The first-order valence-electron chi connectivity index (χ1n) is 10.9. The van der Waals surface area contributed by atoms with Crippen molar-refractivity contribution in [2.45, 2.75) is 55.4 Å². The van der Waals surface area contributed by atoms with Crippen molar-refractivity contribution in [3.05, 3.63) is 86.0 Å². The van der Waals surface area contributed by atoms with Crippen LogP contribution >= 0.6 is 11.3 Å². The fourth-order valence-electron chi connectivity index (χ4n) is 4.35. The van der Waals surface area contributed by atoms with E-state index in [1.165, 1.54) is 65.9 Å². The molecule has 0 atom stereocenters. The molecule has 0 saturated carbocycles. The summed E-state index contributed by atoms with van der Waals surface area (Å²) in [6.45, 7) is 17.8. The fourth-order valence-corrected chi connectivity index (χ4v) is 5.50. The topological polar surface area (TPSA) is 12.9 Å². The monoisotopic (exact) mass is 425 g/mol. The van der Waals surface area contributed by atoms with Crippen LogP contribution < -0.4 is 0 Å². The van der Waals surface area contributed by atoms with E-state index in [9.17, 15) is 0 Å². The van der Waals surface area contributed by atoms with Crippen molar-refractivity contribution in [2.75, 3.05) is 0 Å². The van der Waals surface area contributed by atoms with E-state index < -0.39 is 0 Å². The van der Waals surface area contributed by atoms with Gasteiger partial charge in [-0.1, -0.05) is 30.4 Å². The minimum atomic E-state index is 1.09. The maximum Gasteiger partial charge on any atom is 0.124 e. The molecule has 0 bridgehead atoms. The highest BCUT2D eigenvalue weighted by Gasteiger charge is 2.13. The second kappa shape index (κ2) is 8.09. The zero-order valence-corrected chi connectivity index (χ0v) is 20.7. The highest BCUT2D eigenvalue weighted by Crippen LogP contribution is 2.35. The van der Waals surface area contributed by atoms with Crippen LogP contribution in [0.3, 0.4) is 0 Å². The molecule has 0 fully saturated rings. The number of aryl methyl sites for hydroxylation is 1. The summed E-state index contributed by atoms with van der Waals surface area (Å²) in [5, 5.41) is 1.10. The first-order valence-corrected chi connectivity index (χ1v) is 11.7. The van der Waals surface area contributed by atoms with Crippen molar-refractivity contribution in [2.24, 2.45) is 0 Å². The van der Waals surface area contributed by atoms with Crippen LogP contribution in [0.5, 0.6) is 0 Å². The summed E-state index contributed by atoms with van der Waals surface area (Å²) in [5.74, 6) is 0. The Labute approximate surface area is 190 Å². The maximum absolute atomic E-state index is 4.90. The van der Waals surface area contributed by atoms with E-state index in [1.54, 1.807) is 11.3 Å². The van der Waals surface area contributed by atoms with Crippen molar-refractivity contribution >= 4 is 33.7 Å². The van der Waals surface area contributed by atoms with Gasteiger partial charge in [0.2, 0.25) is 0 Å². The lowest BCUT2D eigenvalue weighted by Crippen LogP contribution is -1.99. The van der Waals surface area contributed by atoms with Crippen molar-refractivity contribution in [3.8, 4) is 10.6 Å². The molecule has 0 aliphatic carbocycles. The van der Waals surface area contributed by atoms with Gasteiger partial charge >= 0.3 is 0 Å². The molecule has 0 spiro atoms. The van der Waals surface area contributed by atoms with Crippen LogP contribution in [0.15, 0.2) is 30.3 Å². The summed E-state index contributed by atoms with van der Waals surface area (Å²) in [4.78, 5) is 4.90. The molecule has 1 heterocycles. The Morgan fingerprint density at radius 2 is 1.29 bits per heavy atom. The van der Waals surface area contributed by atoms with Crippen molar-refractivity contribution in [3.63, 3.8) is 0 Å². The maximum atomic E-state index is 4.90. The highest BCUT2D eigenvalue weighted by molar-refractivity contribution is 7.21. The van der Waals surface area contributed by atoms with Crippen LogP contribution in [0, 0.1) is 55.4 Å². The molecule has 0 N–H and O–H groups in total. The van der Waals surface area contributed by atoms with Gasteiger partial charge in [0.15, 0.2) is 0 Å². The van der Waals surface area contributed by atoms with Crippen LogP contribution in [-0.4, -0.2) is 4.98 Å². The minimum absolute atomic E-state index is 1.09. The molecule has 158 valence electrons. The number of hydrogen-bond acceptors (Lipinski definition) is 2. The fraction of sp³-hybridized carbons (Fsp3) is 0.276. The summed E-state index contributed by atoms with van der Waals surface area (Å²) >= 11 is 1.78. The second-order valence-electron chi connectivity index (χ2n) is 8.81. The molecule has 3 aromatic carbocycles. The van der Waals surface area contributed by atoms with Gasteiger partial charge < -0.3 is 0 Å². The predicted octanol–water partition coefficient (Wildman–Crippen LogP) is 8.60. The van der Waals surface area contributed by atoms with Crippen LogP contribution in [0.1, 0.15) is 55.6 Å². The summed E-state index contributed by atoms with van der Waals surface area (Å²) < 4.78 is 1.26. The van der Waals surface area contributed by atoms with E-state index in [2.05, 4.69) is 97.9 Å². The molecule has 4 aromatic rings. The van der Waals surface area contributed by atoms with Gasteiger partial charge in [0.1, 0.15) is 5.01 Å². The van der Waals surface area contributed by atoms with E-state index in [-0.39, 0.29) is 0 Å². The number of aromatic nitrogens is 1. The quantitative estimate of drug-likeness (QED) is 0.299. The van der Waals surface area contributed by atoms with Crippen molar-refractivity contribution < 1.29 is 0 Å². The average Bonchev–Trinajstić information content (AvgIpc) is 3.16. The molecule has 0 aliphatic heterocycles. The third-order valence-electron chi connectivity index (χ3n) is 7.09. The van der Waals surface area contributed by atoms with Gasteiger partial charge in [-0.25, -0.2) is 4.98 Å². The molecule has 1 nitrogen and oxygen atoms in total. The molecule has 1 aromatic heterocycles. The number of rotatable bonds is 3. The van der Waals surface area contributed by atoms with Gasteiger partial charge in [0.25, 0.3) is 0 Å². The Balaban J connectivity index is 1.74. The summed E-state index contributed by atoms with van der Waals surface area (Å²) in [5.41, 5.74) is 15.8. The SMILES string of the molecule is Cc1ccc2nc(-c3ccc(/C=C/c4c(C)c(C)c(C)c(C)c4C)c(C)c3C)sc2c1. The first-order chi connectivity index (χ1) is 14.7. The van der Waals surface area contributed by atoms with Crippen LogP contribution in [-0.2, 0) is 0 Å². The third kappa shape index (κ3) is 3.74. The molecule has 0 unspecified atom stereocenters. The van der Waals surface area contributed by atoms with E-state index in [4.69, 9.17) is 4.98 Å². The Morgan fingerprint density at radius 3 is 1.97 bits per heavy atom. The number of thiazole rings is 1.